The highest BCUT2D eigenvalue weighted by molar-refractivity contribution is 7.89. The van der Waals surface area contributed by atoms with Gasteiger partial charge in [-0.25, -0.2) is 12.7 Å². The van der Waals surface area contributed by atoms with Gasteiger partial charge in [-0.1, -0.05) is 60.2 Å². The van der Waals surface area contributed by atoms with E-state index in [0.29, 0.717) is 25.9 Å². The molecule has 1 N–H and O–H groups in total. The van der Waals surface area contributed by atoms with Crippen molar-refractivity contribution in [3.63, 3.8) is 0 Å². The summed E-state index contributed by atoms with van der Waals surface area (Å²) in [7, 11) is -3.25. The second-order valence-electron chi connectivity index (χ2n) is 7.85. The van der Waals surface area contributed by atoms with E-state index >= 15 is 0 Å². The van der Waals surface area contributed by atoms with Gasteiger partial charge in [0.2, 0.25) is 15.9 Å². The molecule has 0 aromatic heterocycles. The summed E-state index contributed by atoms with van der Waals surface area (Å²) in [6.07, 6.45) is 0.950. The lowest BCUT2D eigenvalue weighted by Crippen LogP contribution is -2.53. The predicted octanol–water partition coefficient (Wildman–Crippen LogP) is 3.56. The predicted molar refractivity (Wildman–Crippen MR) is 116 cm³/mol. The fraction of sp³-hybridized carbons (Fsp3) is 0.435. The molecule has 1 aliphatic rings. The molecule has 0 aliphatic carbocycles. The van der Waals surface area contributed by atoms with Crippen LogP contribution in [-0.2, 0) is 20.2 Å². The number of carbonyl (C=O) groups excluding carboxylic acids is 1. The Bertz CT molecular complexity index is 932. The minimum absolute atomic E-state index is 0.0367. The van der Waals surface area contributed by atoms with E-state index in [1.165, 1.54) is 9.87 Å². The van der Waals surface area contributed by atoms with Crippen molar-refractivity contribution >= 4 is 15.9 Å². The fourth-order valence-electron chi connectivity index (χ4n) is 4.01. The molecule has 156 valence electrons. The van der Waals surface area contributed by atoms with Gasteiger partial charge in [0.15, 0.2) is 0 Å². The van der Waals surface area contributed by atoms with Gasteiger partial charge in [-0.15, -0.1) is 0 Å². The molecule has 2 aromatic carbocycles. The van der Waals surface area contributed by atoms with E-state index in [1.54, 1.807) is 6.92 Å². The van der Waals surface area contributed by atoms with Crippen LogP contribution >= 0.6 is 0 Å². The minimum atomic E-state index is -3.25. The maximum Gasteiger partial charge on any atom is 0.231 e. The van der Waals surface area contributed by atoms with Crippen LogP contribution < -0.4 is 5.32 Å². The Labute approximate surface area is 174 Å². The van der Waals surface area contributed by atoms with E-state index in [-0.39, 0.29) is 17.7 Å². The number of carbonyl (C=O) groups is 1. The molecule has 1 atom stereocenters. The number of nitrogens with zero attached hydrogens (tertiary/aromatic N) is 1. The summed E-state index contributed by atoms with van der Waals surface area (Å²) in [6.45, 7) is 6.40. The Morgan fingerprint density at radius 2 is 1.66 bits per heavy atom. The number of benzene rings is 2. The number of piperidine rings is 1. The monoisotopic (exact) mass is 414 g/mol. The Hall–Kier alpha value is -2.18. The SMILES string of the molecule is CCS(=O)(=O)N1CCC(C(=O)NC(C)c2ccc(C)cc2)(c2ccccc2)CC1. The molecule has 0 radical (unpaired) electrons. The van der Waals surface area contributed by atoms with Crippen LogP contribution in [0, 0.1) is 6.92 Å². The molecule has 29 heavy (non-hydrogen) atoms. The molecule has 1 aliphatic heterocycles. The highest BCUT2D eigenvalue weighted by Crippen LogP contribution is 2.37. The first-order chi connectivity index (χ1) is 13.8. The minimum Gasteiger partial charge on any atom is -0.349 e. The maximum absolute atomic E-state index is 13.5. The van der Waals surface area contributed by atoms with Crippen molar-refractivity contribution < 1.29 is 13.2 Å². The van der Waals surface area contributed by atoms with Gasteiger partial charge >= 0.3 is 0 Å². The molecule has 6 heteroatoms. The summed E-state index contributed by atoms with van der Waals surface area (Å²) in [5.74, 6) is 0.0486. The summed E-state index contributed by atoms with van der Waals surface area (Å²) in [4.78, 5) is 13.5. The second kappa shape index (κ2) is 8.67. The zero-order chi connectivity index (χ0) is 21.1. The lowest BCUT2D eigenvalue weighted by Gasteiger charge is -2.41. The summed E-state index contributed by atoms with van der Waals surface area (Å²) in [5.41, 5.74) is 2.46. The van der Waals surface area contributed by atoms with Crippen LogP contribution in [0.25, 0.3) is 0 Å². The van der Waals surface area contributed by atoms with Gasteiger partial charge < -0.3 is 5.32 Å². The van der Waals surface area contributed by atoms with Crippen LogP contribution in [0.5, 0.6) is 0 Å². The smallest absolute Gasteiger partial charge is 0.231 e. The lowest BCUT2D eigenvalue weighted by molar-refractivity contribution is -0.129. The molecule has 1 fully saturated rings. The topological polar surface area (TPSA) is 66.5 Å². The van der Waals surface area contributed by atoms with Gasteiger partial charge in [-0.3, -0.25) is 4.79 Å². The molecule has 0 spiro atoms. The van der Waals surface area contributed by atoms with Gasteiger partial charge in [0, 0.05) is 13.1 Å². The van der Waals surface area contributed by atoms with Crippen molar-refractivity contribution in [3.8, 4) is 0 Å². The van der Waals surface area contributed by atoms with Crippen LogP contribution in [0.4, 0.5) is 0 Å². The summed E-state index contributed by atoms with van der Waals surface area (Å²) in [5, 5.41) is 3.19. The summed E-state index contributed by atoms with van der Waals surface area (Å²) in [6, 6.07) is 17.8. The zero-order valence-corrected chi connectivity index (χ0v) is 18.2. The van der Waals surface area contributed by atoms with Crippen LogP contribution in [0.15, 0.2) is 54.6 Å². The third kappa shape index (κ3) is 4.54. The average Bonchev–Trinajstić information content (AvgIpc) is 2.74. The Morgan fingerprint density at radius 3 is 2.21 bits per heavy atom. The van der Waals surface area contributed by atoms with E-state index in [1.807, 2.05) is 68.4 Å². The number of hydrogen-bond donors (Lipinski definition) is 1. The number of aryl methyl sites for hydroxylation is 1. The Balaban J connectivity index is 1.85. The molecule has 5 nitrogen and oxygen atoms in total. The molecule has 1 saturated heterocycles. The quantitative estimate of drug-likeness (QED) is 0.786. The van der Waals surface area contributed by atoms with Crippen molar-refractivity contribution in [3.05, 3.63) is 71.3 Å². The van der Waals surface area contributed by atoms with Gasteiger partial charge in [-0.2, -0.15) is 0 Å². The number of hydrogen-bond acceptors (Lipinski definition) is 3. The molecular formula is C23H30N2O3S. The number of rotatable bonds is 6. The number of sulfonamides is 1. The van der Waals surface area contributed by atoms with Crippen LogP contribution in [0.1, 0.15) is 49.4 Å². The Morgan fingerprint density at radius 1 is 1.07 bits per heavy atom. The second-order valence-corrected chi connectivity index (χ2v) is 10.1. The maximum atomic E-state index is 13.5. The largest absolute Gasteiger partial charge is 0.349 e. The van der Waals surface area contributed by atoms with Crippen LogP contribution in [0.2, 0.25) is 0 Å². The van der Waals surface area contributed by atoms with E-state index in [0.717, 1.165) is 11.1 Å². The van der Waals surface area contributed by atoms with E-state index in [9.17, 15) is 13.2 Å². The zero-order valence-electron chi connectivity index (χ0n) is 17.4. The molecule has 0 bridgehead atoms. The molecule has 3 rings (SSSR count). The third-order valence-electron chi connectivity index (χ3n) is 6.02. The standard InChI is InChI=1S/C23H30N2O3S/c1-4-29(27,28)25-16-14-23(15-17-25,21-8-6-5-7-9-21)22(26)24-19(3)20-12-10-18(2)11-13-20/h5-13,19H,4,14-17H2,1-3H3,(H,24,26). The van der Waals surface area contributed by atoms with Crippen molar-refractivity contribution in [2.75, 3.05) is 18.8 Å². The highest BCUT2D eigenvalue weighted by atomic mass is 32.2. The molecule has 1 unspecified atom stereocenters. The third-order valence-corrected chi connectivity index (χ3v) is 7.90. The van der Waals surface area contributed by atoms with Crippen molar-refractivity contribution in [1.82, 2.24) is 9.62 Å². The first kappa shape index (κ1) is 21.5. The molecular weight excluding hydrogens is 384 g/mol. The highest BCUT2D eigenvalue weighted by Gasteiger charge is 2.44. The number of nitrogens with one attached hydrogen (secondary N) is 1. The van der Waals surface area contributed by atoms with E-state index < -0.39 is 15.4 Å². The van der Waals surface area contributed by atoms with E-state index in [2.05, 4.69) is 5.32 Å². The molecule has 0 saturated carbocycles. The van der Waals surface area contributed by atoms with E-state index in [4.69, 9.17) is 0 Å². The summed E-state index contributed by atoms with van der Waals surface area (Å²) >= 11 is 0. The van der Waals surface area contributed by atoms with Crippen molar-refractivity contribution in [2.24, 2.45) is 0 Å². The van der Waals surface area contributed by atoms with Gasteiger partial charge in [0.1, 0.15) is 0 Å². The van der Waals surface area contributed by atoms with Gasteiger partial charge in [0.25, 0.3) is 0 Å². The first-order valence-corrected chi connectivity index (χ1v) is 11.8. The van der Waals surface area contributed by atoms with Crippen molar-refractivity contribution in [2.45, 2.75) is 45.1 Å². The first-order valence-electron chi connectivity index (χ1n) is 10.2. The van der Waals surface area contributed by atoms with Crippen molar-refractivity contribution in [1.29, 1.82) is 0 Å². The molecule has 1 amide bonds. The van der Waals surface area contributed by atoms with Gasteiger partial charge in [0.05, 0.1) is 17.2 Å². The van der Waals surface area contributed by atoms with Gasteiger partial charge in [-0.05, 0) is 44.7 Å². The molecule has 1 heterocycles. The Kier molecular flexibility index (Phi) is 6.44. The van der Waals surface area contributed by atoms with Crippen LogP contribution in [0.3, 0.4) is 0 Å². The fourth-order valence-corrected chi connectivity index (χ4v) is 5.11. The molecule has 2 aromatic rings. The lowest BCUT2D eigenvalue weighted by atomic mass is 9.72. The normalized spacial score (nSPS) is 18.2. The average molecular weight is 415 g/mol. The summed E-state index contributed by atoms with van der Waals surface area (Å²) < 4.78 is 26.1. The number of amides is 1. The van der Waals surface area contributed by atoms with Crippen LogP contribution in [-0.4, -0.2) is 37.5 Å².